The van der Waals surface area contributed by atoms with Gasteiger partial charge in [-0.15, -0.1) is 11.3 Å². The molecule has 1 amide bonds. The van der Waals surface area contributed by atoms with Crippen LogP contribution in [0.1, 0.15) is 5.56 Å². The minimum absolute atomic E-state index is 0.199. The standard InChI is InChI=1S/C12H9ClN2OS/c13-10-4-1-9(2-5-10)3-6-11(16)15-12-14-7-8-17-12/h1-8H,(H,14,15,16)/b6-3+. The van der Waals surface area contributed by atoms with Crippen LogP contribution in [0.4, 0.5) is 5.13 Å². The summed E-state index contributed by atoms with van der Waals surface area (Å²) in [6, 6.07) is 7.24. The SMILES string of the molecule is O=C(/C=C/c1ccc(Cl)cc1)Nc1nccs1. The number of hydrogen-bond acceptors (Lipinski definition) is 3. The average molecular weight is 265 g/mol. The van der Waals surface area contributed by atoms with Crippen LogP contribution in [-0.2, 0) is 4.79 Å². The monoisotopic (exact) mass is 264 g/mol. The van der Waals surface area contributed by atoms with Gasteiger partial charge in [0.25, 0.3) is 0 Å². The molecule has 0 spiro atoms. The number of aromatic nitrogens is 1. The highest BCUT2D eigenvalue weighted by molar-refractivity contribution is 7.13. The molecule has 2 aromatic rings. The highest BCUT2D eigenvalue weighted by atomic mass is 35.5. The van der Waals surface area contributed by atoms with E-state index >= 15 is 0 Å². The van der Waals surface area contributed by atoms with Crippen molar-refractivity contribution in [1.82, 2.24) is 4.98 Å². The Morgan fingerprint density at radius 1 is 1.35 bits per heavy atom. The number of halogens is 1. The number of nitrogens with one attached hydrogen (secondary N) is 1. The summed E-state index contributed by atoms with van der Waals surface area (Å²) >= 11 is 7.14. The fourth-order valence-electron chi connectivity index (χ4n) is 1.18. The van der Waals surface area contributed by atoms with E-state index in [0.29, 0.717) is 10.2 Å². The highest BCUT2D eigenvalue weighted by Crippen LogP contribution is 2.12. The zero-order chi connectivity index (χ0) is 12.1. The third kappa shape index (κ3) is 3.69. The summed E-state index contributed by atoms with van der Waals surface area (Å²) in [5, 5.41) is 5.73. The number of thiazole rings is 1. The van der Waals surface area contributed by atoms with Gasteiger partial charge in [-0.3, -0.25) is 10.1 Å². The van der Waals surface area contributed by atoms with Gasteiger partial charge in [0.05, 0.1) is 0 Å². The van der Waals surface area contributed by atoms with Crippen LogP contribution in [0.5, 0.6) is 0 Å². The van der Waals surface area contributed by atoms with Crippen molar-refractivity contribution in [1.29, 1.82) is 0 Å². The van der Waals surface area contributed by atoms with Gasteiger partial charge >= 0.3 is 0 Å². The van der Waals surface area contributed by atoms with E-state index in [0.717, 1.165) is 5.56 Å². The summed E-state index contributed by atoms with van der Waals surface area (Å²) < 4.78 is 0. The predicted molar refractivity (Wildman–Crippen MR) is 71.2 cm³/mol. The van der Waals surface area contributed by atoms with Gasteiger partial charge < -0.3 is 0 Å². The Labute approximate surface area is 108 Å². The van der Waals surface area contributed by atoms with Crippen LogP contribution in [0.2, 0.25) is 5.02 Å². The van der Waals surface area contributed by atoms with Crippen molar-refractivity contribution in [2.24, 2.45) is 0 Å². The Bertz CT molecular complexity index is 520. The smallest absolute Gasteiger partial charge is 0.250 e. The van der Waals surface area contributed by atoms with Crippen LogP contribution in [-0.4, -0.2) is 10.9 Å². The number of nitrogens with zero attached hydrogens (tertiary/aromatic N) is 1. The van der Waals surface area contributed by atoms with Gasteiger partial charge in [0.15, 0.2) is 5.13 Å². The Hall–Kier alpha value is -1.65. The summed E-state index contributed by atoms with van der Waals surface area (Å²) in [6.07, 6.45) is 4.83. The lowest BCUT2D eigenvalue weighted by atomic mass is 10.2. The van der Waals surface area contributed by atoms with Crippen LogP contribution >= 0.6 is 22.9 Å². The third-order valence-electron chi connectivity index (χ3n) is 1.96. The molecule has 17 heavy (non-hydrogen) atoms. The lowest BCUT2D eigenvalue weighted by molar-refractivity contribution is -0.111. The van der Waals surface area contributed by atoms with Gasteiger partial charge in [-0.25, -0.2) is 4.98 Å². The molecule has 0 bridgehead atoms. The minimum atomic E-state index is -0.199. The molecule has 0 unspecified atom stereocenters. The number of carbonyl (C=O) groups is 1. The van der Waals surface area contributed by atoms with Crippen molar-refractivity contribution in [3.8, 4) is 0 Å². The second-order valence-corrected chi connectivity index (χ2v) is 4.54. The first-order chi connectivity index (χ1) is 8.24. The Balaban J connectivity index is 1.96. The maximum atomic E-state index is 11.5. The zero-order valence-corrected chi connectivity index (χ0v) is 10.3. The predicted octanol–water partition coefficient (Wildman–Crippen LogP) is 3.45. The van der Waals surface area contributed by atoms with Crippen molar-refractivity contribution in [2.45, 2.75) is 0 Å². The number of hydrogen-bond donors (Lipinski definition) is 1. The summed E-state index contributed by atoms with van der Waals surface area (Å²) in [6.45, 7) is 0. The molecule has 0 fully saturated rings. The van der Waals surface area contributed by atoms with Crippen LogP contribution in [0.15, 0.2) is 41.9 Å². The second kappa shape index (κ2) is 5.61. The van der Waals surface area contributed by atoms with Gasteiger partial charge in [-0.2, -0.15) is 0 Å². The molecule has 0 radical (unpaired) electrons. The lowest BCUT2D eigenvalue weighted by Gasteiger charge is -1.96. The van der Waals surface area contributed by atoms with Gasteiger partial charge in [0.2, 0.25) is 5.91 Å². The Kier molecular flexibility index (Phi) is 3.90. The van der Waals surface area contributed by atoms with Crippen LogP contribution in [0.3, 0.4) is 0 Å². The number of anilines is 1. The molecule has 1 heterocycles. The van der Waals surface area contributed by atoms with Crippen molar-refractivity contribution in [3.63, 3.8) is 0 Å². The molecule has 1 aromatic carbocycles. The van der Waals surface area contributed by atoms with E-state index < -0.39 is 0 Å². The molecule has 0 saturated heterocycles. The summed E-state index contributed by atoms with van der Waals surface area (Å²) in [7, 11) is 0. The van der Waals surface area contributed by atoms with E-state index in [1.165, 1.54) is 17.4 Å². The van der Waals surface area contributed by atoms with E-state index in [4.69, 9.17) is 11.6 Å². The zero-order valence-electron chi connectivity index (χ0n) is 8.76. The van der Waals surface area contributed by atoms with Crippen molar-refractivity contribution in [3.05, 3.63) is 52.5 Å². The summed E-state index contributed by atoms with van der Waals surface area (Å²) in [5.74, 6) is -0.199. The molecule has 0 aliphatic carbocycles. The van der Waals surface area contributed by atoms with Gasteiger partial charge in [-0.05, 0) is 23.8 Å². The van der Waals surface area contributed by atoms with E-state index in [1.807, 2.05) is 12.1 Å². The first kappa shape index (κ1) is 11.8. The molecular weight excluding hydrogens is 256 g/mol. The largest absolute Gasteiger partial charge is 0.298 e. The molecule has 0 atom stereocenters. The number of rotatable bonds is 3. The minimum Gasteiger partial charge on any atom is -0.298 e. The van der Waals surface area contributed by atoms with Crippen molar-refractivity contribution < 1.29 is 4.79 Å². The van der Waals surface area contributed by atoms with E-state index in [-0.39, 0.29) is 5.91 Å². The van der Waals surface area contributed by atoms with E-state index in [2.05, 4.69) is 10.3 Å². The van der Waals surface area contributed by atoms with Gasteiger partial charge in [0.1, 0.15) is 0 Å². The topological polar surface area (TPSA) is 42.0 Å². The molecule has 2 rings (SSSR count). The molecule has 5 heteroatoms. The fourth-order valence-corrected chi connectivity index (χ4v) is 1.84. The number of carbonyl (C=O) groups excluding carboxylic acids is 1. The summed E-state index contributed by atoms with van der Waals surface area (Å²) in [5.41, 5.74) is 0.920. The molecule has 0 aliphatic heterocycles. The summed E-state index contributed by atoms with van der Waals surface area (Å²) in [4.78, 5) is 15.5. The fraction of sp³-hybridized carbons (Fsp3) is 0. The van der Waals surface area contributed by atoms with Crippen LogP contribution in [0, 0.1) is 0 Å². The van der Waals surface area contributed by atoms with Crippen LogP contribution in [0.25, 0.3) is 6.08 Å². The third-order valence-corrected chi connectivity index (χ3v) is 2.90. The maximum absolute atomic E-state index is 11.5. The molecular formula is C12H9ClN2OS. The normalized spacial score (nSPS) is 10.6. The lowest BCUT2D eigenvalue weighted by Crippen LogP contribution is -2.06. The quantitative estimate of drug-likeness (QED) is 0.863. The van der Waals surface area contributed by atoms with Crippen molar-refractivity contribution >= 4 is 40.1 Å². The molecule has 0 aliphatic rings. The molecule has 1 N–H and O–H groups in total. The van der Waals surface area contributed by atoms with E-state index in [9.17, 15) is 4.79 Å². The first-order valence-corrected chi connectivity index (χ1v) is 6.14. The maximum Gasteiger partial charge on any atom is 0.250 e. The Morgan fingerprint density at radius 3 is 2.76 bits per heavy atom. The second-order valence-electron chi connectivity index (χ2n) is 3.21. The molecule has 86 valence electrons. The van der Waals surface area contributed by atoms with E-state index in [1.54, 1.807) is 29.8 Å². The van der Waals surface area contributed by atoms with Gasteiger partial charge in [-0.1, -0.05) is 23.7 Å². The average Bonchev–Trinajstić information content (AvgIpc) is 2.81. The molecule has 1 aromatic heterocycles. The number of benzene rings is 1. The first-order valence-electron chi connectivity index (χ1n) is 4.88. The molecule has 3 nitrogen and oxygen atoms in total. The highest BCUT2D eigenvalue weighted by Gasteiger charge is 1.98. The van der Waals surface area contributed by atoms with Gasteiger partial charge in [0, 0.05) is 22.7 Å². The van der Waals surface area contributed by atoms with Crippen molar-refractivity contribution in [2.75, 3.05) is 5.32 Å². The molecule has 0 saturated carbocycles. The van der Waals surface area contributed by atoms with Crippen LogP contribution < -0.4 is 5.32 Å². The Morgan fingerprint density at radius 2 is 2.12 bits per heavy atom. The number of amides is 1.